The minimum atomic E-state index is -0.585. The molecule has 0 atom stereocenters. The third-order valence-corrected chi connectivity index (χ3v) is 2.26. The number of nitrogens with zero attached hydrogens (tertiary/aromatic N) is 2. The van der Waals surface area contributed by atoms with Crippen LogP contribution in [0.5, 0.6) is 0 Å². The van der Waals surface area contributed by atoms with Crippen LogP contribution in [0.4, 0.5) is 0 Å². The Kier molecular flexibility index (Phi) is 4.24. The summed E-state index contributed by atoms with van der Waals surface area (Å²) in [6.07, 6.45) is 2.58. The minimum Gasteiger partial charge on any atom is -0.390 e. The zero-order valence-electron chi connectivity index (χ0n) is 9.77. The van der Waals surface area contributed by atoms with Crippen molar-refractivity contribution in [2.75, 3.05) is 13.6 Å². The third-order valence-electron chi connectivity index (χ3n) is 2.26. The molecule has 1 rings (SSSR count). The molecule has 0 aliphatic carbocycles. The van der Waals surface area contributed by atoms with E-state index in [0.29, 0.717) is 0 Å². The molecule has 0 spiro atoms. The molecule has 0 unspecified atom stereocenters. The maximum absolute atomic E-state index is 9.59. The van der Waals surface area contributed by atoms with Gasteiger partial charge in [0.15, 0.2) is 0 Å². The first kappa shape index (κ1) is 12.1. The quantitative estimate of drug-likeness (QED) is 0.799. The lowest BCUT2D eigenvalue weighted by atomic mass is 10.1. The van der Waals surface area contributed by atoms with Gasteiger partial charge in [0.05, 0.1) is 11.3 Å². The Balaban J connectivity index is 2.34. The first-order valence-corrected chi connectivity index (χ1v) is 5.28. The van der Waals surface area contributed by atoms with Gasteiger partial charge in [-0.25, -0.2) is 0 Å². The van der Waals surface area contributed by atoms with Crippen molar-refractivity contribution in [1.29, 1.82) is 0 Å². The van der Waals surface area contributed by atoms with Gasteiger partial charge >= 0.3 is 0 Å². The number of aromatic nitrogens is 1. The number of hydrogen-bond acceptors (Lipinski definition) is 3. The van der Waals surface area contributed by atoms with Crippen LogP contribution in [0.1, 0.15) is 26.0 Å². The van der Waals surface area contributed by atoms with Crippen molar-refractivity contribution >= 4 is 0 Å². The van der Waals surface area contributed by atoms with Crippen molar-refractivity contribution in [2.45, 2.75) is 32.4 Å². The topological polar surface area (TPSA) is 36.4 Å². The highest BCUT2D eigenvalue weighted by Crippen LogP contribution is 2.08. The second-order valence-electron chi connectivity index (χ2n) is 4.62. The molecular weight excluding hydrogens is 188 g/mol. The summed E-state index contributed by atoms with van der Waals surface area (Å²) in [6, 6.07) is 5.92. The summed E-state index contributed by atoms with van der Waals surface area (Å²) in [6.45, 7) is 5.38. The SMILES string of the molecule is CN(CCC(C)(C)O)Cc1ccccn1. The van der Waals surface area contributed by atoms with E-state index in [1.54, 1.807) is 6.20 Å². The molecule has 0 saturated carbocycles. The van der Waals surface area contributed by atoms with Gasteiger partial charge in [0.25, 0.3) is 0 Å². The van der Waals surface area contributed by atoms with E-state index in [4.69, 9.17) is 0 Å². The summed E-state index contributed by atoms with van der Waals surface area (Å²) in [5.74, 6) is 0. The maximum atomic E-state index is 9.59. The van der Waals surface area contributed by atoms with Crippen LogP contribution in [0.15, 0.2) is 24.4 Å². The number of hydrogen-bond donors (Lipinski definition) is 1. The van der Waals surface area contributed by atoms with E-state index in [1.807, 2.05) is 39.1 Å². The molecule has 3 heteroatoms. The van der Waals surface area contributed by atoms with Gasteiger partial charge in [-0.05, 0) is 39.4 Å². The zero-order valence-corrected chi connectivity index (χ0v) is 9.77. The molecule has 0 fully saturated rings. The fourth-order valence-corrected chi connectivity index (χ4v) is 1.31. The van der Waals surface area contributed by atoms with Crippen molar-refractivity contribution in [3.8, 4) is 0 Å². The normalized spacial score (nSPS) is 12.1. The lowest BCUT2D eigenvalue weighted by Crippen LogP contribution is -2.28. The number of pyridine rings is 1. The Morgan fingerprint density at radius 3 is 2.67 bits per heavy atom. The Morgan fingerprint density at radius 1 is 1.40 bits per heavy atom. The third kappa shape index (κ3) is 5.50. The van der Waals surface area contributed by atoms with Crippen molar-refractivity contribution in [3.05, 3.63) is 30.1 Å². The molecule has 1 aromatic heterocycles. The van der Waals surface area contributed by atoms with Gasteiger partial charge in [0, 0.05) is 19.3 Å². The second-order valence-corrected chi connectivity index (χ2v) is 4.62. The van der Waals surface area contributed by atoms with E-state index in [0.717, 1.165) is 25.2 Å². The van der Waals surface area contributed by atoms with Gasteiger partial charge in [-0.1, -0.05) is 6.07 Å². The summed E-state index contributed by atoms with van der Waals surface area (Å²) in [4.78, 5) is 6.43. The molecule has 1 N–H and O–H groups in total. The molecule has 3 nitrogen and oxygen atoms in total. The molecule has 0 aliphatic heterocycles. The molecule has 0 saturated heterocycles. The van der Waals surface area contributed by atoms with Gasteiger partial charge in [0.2, 0.25) is 0 Å². The Hall–Kier alpha value is -0.930. The van der Waals surface area contributed by atoms with Crippen LogP contribution in [0.3, 0.4) is 0 Å². The van der Waals surface area contributed by atoms with Gasteiger partial charge in [0.1, 0.15) is 0 Å². The summed E-state index contributed by atoms with van der Waals surface area (Å²) in [5, 5.41) is 9.59. The molecule has 1 aromatic rings. The first-order chi connectivity index (χ1) is 6.97. The molecular formula is C12H20N2O. The van der Waals surface area contributed by atoms with Crippen molar-refractivity contribution in [1.82, 2.24) is 9.88 Å². The van der Waals surface area contributed by atoms with Crippen LogP contribution in [0, 0.1) is 0 Å². The Morgan fingerprint density at radius 2 is 2.13 bits per heavy atom. The molecule has 0 aliphatic rings. The van der Waals surface area contributed by atoms with E-state index in [1.165, 1.54) is 0 Å². The predicted octanol–water partition coefficient (Wildman–Crippen LogP) is 1.67. The van der Waals surface area contributed by atoms with E-state index >= 15 is 0 Å². The lowest BCUT2D eigenvalue weighted by Gasteiger charge is -2.22. The summed E-state index contributed by atoms with van der Waals surface area (Å²) >= 11 is 0. The number of rotatable bonds is 5. The van der Waals surface area contributed by atoms with Crippen molar-refractivity contribution < 1.29 is 5.11 Å². The smallest absolute Gasteiger partial charge is 0.0603 e. The summed E-state index contributed by atoms with van der Waals surface area (Å²) in [5.41, 5.74) is 0.481. The molecule has 15 heavy (non-hydrogen) atoms. The van der Waals surface area contributed by atoms with E-state index in [2.05, 4.69) is 9.88 Å². The van der Waals surface area contributed by atoms with Crippen molar-refractivity contribution in [3.63, 3.8) is 0 Å². The average molecular weight is 208 g/mol. The zero-order chi connectivity index (χ0) is 11.3. The van der Waals surface area contributed by atoms with Gasteiger partial charge in [-0.2, -0.15) is 0 Å². The average Bonchev–Trinajstić information content (AvgIpc) is 2.15. The van der Waals surface area contributed by atoms with Crippen molar-refractivity contribution in [2.24, 2.45) is 0 Å². The second kappa shape index (κ2) is 5.24. The largest absolute Gasteiger partial charge is 0.390 e. The fourth-order valence-electron chi connectivity index (χ4n) is 1.31. The highest BCUT2D eigenvalue weighted by Gasteiger charge is 2.13. The van der Waals surface area contributed by atoms with E-state index in [9.17, 15) is 5.11 Å². The molecule has 0 amide bonds. The van der Waals surface area contributed by atoms with E-state index < -0.39 is 5.60 Å². The predicted molar refractivity (Wildman–Crippen MR) is 61.5 cm³/mol. The van der Waals surface area contributed by atoms with Crippen LogP contribution < -0.4 is 0 Å². The van der Waals surface area contributed by atoms with E-state index in [-0.39, 0.29) is 0 Å². The molecule has 0 aromatic carbocycles. The van der Waals surface area contributed by atoms with Crippen LogP contribution in [0.25, 0.3) is 0 Å². The highest BCUT2D eigenvalue weighted by atomic mass is 16.3. The van der Waals surface area contributed by atoms with Gasteiger partial charge in [-0.3, -0.25) is 4.98 Å². The van der Waals surface area contributed by atoms with Crippen LogP contribution in [-0.2, 0) is 6.54 Å². The first-order valence-electron chi connectivity index (χ1n) is 5.28. The lowest BCUT2D eigenvalue weighted by molar-refractivity contribution is 0.0598. The highest BCUT2D eigenvalue weighted by molar-refractivity contribution is 5.02. The fraction of sp³-hybridized carbons (Fsp3) is 0.583. The van der Waals surface area contributed by atoms with Crippen LogP contribution in [0.2, 0.25) is 0 Å². The molecule has 84 valence electrons. The van der Waals surface area contributed by atoms with Crippen LogP contribution >= 0.6 is 0 Å². The molecule has 0 bridgehead atoms. The van der Waals surface area contributed by atoms with Gasteiger partial charge < -0.3 is 10.0 Å². The maximum Gasteiger partial charge on any atom is 0.0603 e. The minimum absolute atomic E-state index is 0.585. The number of aliphatic hydroxyl groups is 1. The summed E-state index contributed by atoms with van der Waals surface area (Å²) < 4.78 is 0. The summed E-state index contributed by atoms with van der Waals surface area (Å²) in [7, 11) is 2.04. The molecule has 0 radical (unpaired) electrons. The molecule has 1 heterocycles. The standard InChI is InChI=1S/C12H20N2O/c1-12(2,15)7-9-14(3)10-11-6-4-5-8-13-11/h4-6,8,15H,7,9-10H2,1-3H3. The Bertz CT molecular complexity index is 279. The van der Waals surface area contributed by atoms with Gasteiger partial charge in [-0.15, -0.1) is 0 Å². The monoisotopic (exact) mass is 208 g/mol. The van der Waals surface area contributed by atoms with Crippen LogP contribution in [-0.4, -0.2) is 34.2 Å². The Labute approximate surface area is 91.8 Å².